The molecule has 2 unspecified atom stereocenters. The van der Waals surface area contributed by atoms with Crippen molar-refractivity contribution < 1.29 is 9.90 Å². The zero-order valence-electron chi connectivity index (χ0n) is 9.36. The highest BCUT2D eigenvalue weighted by atomic mass is 16.4. The van der Waals surface area contributed by atoms with Gasteiger partial charge in [-0.25, -0.2) is 0 Å². The van der Waals surface area contributed by atoms with Crippen LogP contribution in [-0.2, 0) is 4.79 Å². The van der Waals surface area contributed by atoms with E-state index >= 15 is 0 Å². The molecule has 0 aromatic heterocycles. The first-order valence-electron chi connectivity index (χ1n) is 5.41. The minimum atomic E-state index is -0.724. The van der Waals surface area contributed by atoms with E-state index in [1.807, 2.05) is 11.9 Å². The Morgan fingerprint density at radius 2 is 1.79 bits per heavy atom. The van der Waals surface area contributed by atoms with Crippen LogP contribution in [0.4, 0.5) is 0 Å². The van der Waals surface area contributed by atoms with Gasteiger partial charge in [-0.05, 0) is 38.1 Å². The zero-order chi connectivity index (χ0) is 10.7. The van der Waals surface area contributed by atoms with Gasteiger partial charge in [0, 0.05) is 6.04 Å². The van der Waals surface area contributed by atoms with Crippen molar-refractivity contribution in [2.75, 3.05) is 13.6 Å². The molecule has 2 atom stereocenters. The summed E-state index contributed by atoms with van der Waals surface area (Å²) >= 11 is 0. The van der Waals surface area contributed by atoms with E-state index in [0.717, 1.165) is 24.7 Å². The van der Waals surface area contributed by atoms with E-state index < -0.39 is 5.97 Å². The van der Waals surface area contributed by atoms with E-state index in [1.165, 1.54) is 6.42 Å². The number of aliphatic carboxylic acids is 1. The van der Waals surface area contributed by atoms with Gasteiger partial charge in [-0.15, -0.1) is 0 Å². The molecule has 0 radical (unpaired) electrons. The van der Waals surface area contributed by atoms with Crippen LogP contribution in [-0.4, -0.2) is 35.6 Å². The van der Waals surface area contributed by atoms with Gasteiger partial charge in [-0.2, -0.15) is 0 Å². The van der Waals surface area contributed by atoms with Crippen molar-refractivity contribution in [3.05, 3.63) is 0 Å². The molecule has 0 heterocycles. The Balaban J connectivity index is 2.46. The van der Waals surface area contributed by atoms with Gasteiger partial charge < -0.3 is 5.11 Å². The number of hydrogen-bond acceptors (Lipinski definition) is 2. The Morgan fingerprint density at radius 1 is 1.29 bits per heavy atom. The summed E-state index contributed by atoms with van der Waals surface area (Å²) in [4.78, 5) is 12.6. The number of rotatable bonds is 3. The maximum atomic E-state index is 10.6. The molecule has 0 aromatic rings. The quantitative estimate of drug-likeness (QED) is 0.754. The highest BCUT2D eigenvalue weighted by Gasteiger charge is 2.27. The van der Waals surface area contributed by atoms with Gasteiger partial charge in [0.05, 0.1) is 6.54 Å². The Kier molecular flexibility index (Phi) is 3.93. The summed E-state index contributed by atoms with van der Waals surface area (Å²) in [7, 11) is 1.92. The Morgan fingerprint density at radius 3 is 2.21 bits per heavy atom. The van der Waals surface area contributed by atoms with E-state index in [9.17, 15) is 4.79 Å². The van der Waals surface area contributed by atoms with Crippen LogP contribution >= 0.6 is 0 Å². The molecule has 1 aliphatic carbocycles. The van der Waals surface area contributed by atoms with Gasteiger partial charge in [0.15, 0.2) is 0 Å². The number of likely N-dealkylation sites (N-methyl/N-ethyl adjacent to an activating group) is 1. The number of hydrogen-bond donors (Lipinski definition) is 1. The second kappa shape index (κ2) is 4.78. The lowest BCUT2D eigenvalue weighted by Gasteiger charge is -2.36. The van der Waals surface area contributed by atoms with Crippen molar-refractivity contribution in [2.45, 2.75) is 39.2 Å². The minimum absolute atomic E-state index is 0.171. The molecular weight excluding hydrogens is 178 g/mol. The lowest BCUT2D eigenvalue weighted by atomic mass is 9.80. The Hall–Kier alpha value is -0.570. The van der Waals surface area contributed by atoms with Gasteiger partial charge in [0.25, 0.3) is 0 Å². The maximum absolute atomic E-state index is 10.6. The predicted molar refractivity (Wildman–Crippen MR) is 56.2 cm³/mol. The van der Waals surface area contributed by atoms with Crippen molar-refractivity contribution in [3.8, 4) is 0 Å². The molecule has 3 heteroatoms. The number of carbonyl (C=O) groups is 1. The Bertz CT molecular complexity index is 195. The first-order chi connectivity index (χ1) is 6.49. The fraction of sp³-hybridized carbons (Fsp3) is 0.909. The fourth-order valence-corrected chi connectivity index (χ4v) is 2.61. The second-order valence-electron chi connectivity index (χ2n) is 4.88. The number of carboxylic acids is 1. The first kappa shape index (κ1) is 11.5. The van der Waals surface area contributed by atoms with Crippen LogP contribution in [0.3, 0.4) is 0 Å². The lowest BCUT2D eigenvalue weighted by Crippen LogP contribution is -2.40. The normalized spacial score (nSPS) is 33.3. The van der Waals surface area contributed by atoms with Crippen molar-refractivity contribution in [1.29, 1.82) is 0 Å². The SMILES string of the molecule is CC1CC(C)CC(N(C)CC(=O)O)C1. The van der Waals surface area contributed by atoms with E-state index in [4.69, 9.17) is 5.11 Å². The molecule has 0 aliphatic heterocycles. The molecule has 14 heavy (non-hydrogen) atoms. The highest BCUT2D eigenvalue weighted by Crippen LogP contribution is 2.30. The van der Waals surface area contributed by atoms with Gasteiger partial charge >= 0.3 is 5.97 Å². The van der Waals surface area contributed by atoms with Gasteiger partial charge in [-0.3, -0.25) is 9.69 Å². The van der Waals surface area contributed by atoms with Crippen LogP contribution in [0, 0.1) is 11.8 Å². The van der Waals surface area contributed by atoms with Crippen molar-refractivity contribution >= 4 is 5.97 Å². The summed E-state index contributed by atoms with van der Waals surface area (Å²) in [6, 6.07) is 0.463. The smallest absolute Gasteiger partial charge is 0.317 e. The number of carboxylic acid groups (broad SMARTS) is 1. The second-order valence-corrected chi connectivity index (χ2v) is 4.88. The zero-order valence-corrected chi connectivity index (χ0v) is 9.36. The Labute approximate surface area is 86.1 Å². The summed E-state index contributed by atoms with van der Waals surface area (Å²) in [5.74, 6) is 0.748. The van der Waals surface area contributed by atoms with Crippen LogP contribution in [0.15, 0.2) is 0 Å². The molecule has 1 rings (SSSR count). The molecular formula is C11H21NO2. The highest BCUT2D eigenvalue weighted by molar-refractivity contribution is 5.69. The van der Waals surface area contributed by atoms with E-state index in [-0.39, 0.29) is 6.54 Å². The third-order valence-electron chi connectivity index (χ3n) is 3.16. The van der Waals surface area contributed by atoms with Crippen LogP contribution in [0.1, 0.15) is 33.1 Å². The van der Waals surface area contributed by atoms with Gasteiger partial charge in [-0.1, -0.05) is 13.8 Å². The molecule has 1 N–H and O–H groups in total. The molecule has 82 valence electrons. The van der Waals surface area contributed by atoms with E-state index in [1.54, 1.807) is 0 Å². The van der Waals surface area contributed by atoms with Crippen molar-refractivity contribution in [2.24, 2.45) is 11.8 Å². The topological polar surface area (TPSA) is 40.5 Å². The van der Waals surface area contributed by atoms with Gasteiger partial charge in [0.1, 0.15) is 0 Å². The first-order valence-corrected chi connectivity index (χ1v) is 5.41. The van der Waals surface area contributed by atoms with Gasteiger partial charge in [0.2, 0.25) is 0 Å². The average Bonchev–Trinajstić information content (AvgIpc) is 2.00. The maximum Gasteiger partial charge on any atom is 0.317 e. The lowest BCUT2D eigenvalue weighted by molar-refractivity contribution is -0.138. The molecule has 0 amide bonds. The number of nitrogens with zero attached hydrogens (tertiary/aromatic N) is 1. The van der Waals surface area contributed by atoms with Crippen LogP contribution in [0.25, 0.3) is 0 Å². The standard InChI is InChI=1S/C11H21NO2/c1-8-4-9(2)6-10(5-8)12(3)7-11(13)14/h8-10H,4-7H2,1-3H3,(H,13,14). The summed E-state index contributed by atoms with van der Waals surface area (Å²) in [6.07, 6.45) is 3.58. The molecule has 0 spiro atoms. The third-order valence-corrected chi connectivity index (χ3v) is 3.16. The van der Waals surface area contributed by atoms with Crippen molar-refractivity contribution in [1.82, 2.24) is 4.90 Å². The van der Waals surface area contributed by atoms with Crippen LogP contribution in [0.2, 0.25) is 0 Å². The largest absolute Gasteiger partial charge is 0.480 e. The molecule has 3 nitrogen and oxygen atoms in total. The summed E-state index contributed by atoms with van der Waals surface area (Å²) in [5, 5.41) is 8.70. The summed E-state index contributed by atoms with van der Waals surface area (Å²) in [5.41, 5.74) is 0. The molecule has 0 saturated heterocycles. The van der Waals surface area contributed by atoms with E-state index in [2.05, 4.69) is 13.8 Å². The van der Waals surface area contributed by atoms with Crippen LogP contribution in [0.5, 0.6) is 0 Å². The summed E-state index contributed by atoms with van der Waals surface area (Å²) < 4.78 is 0. The molecule has 0 aromatic carbocycles. The average molecular weight is 199 g/mol. The minimum Gasteiger partial charge on any atom is -0.480 e. The fourth-order valence-electron chi connectivity index (χ4n) is 2.61. The molecule has 1 saturated carbocycles. The monoisotopic (exact) mass is 199 g/mol. The van der Waals surface area contributed by atoms with Crippen molar-refractivity contribution in [3.63, 3.8) is 0 Å². The van der Waals surface area contributed by atoms with E-state index in [0.29, 0.717) is 6.04 Å². The molecule has 1 fully saturated rings. The van der Waals surface area contributed by atoms with Crippen LogP contribution < -0.4 is 0 Å². The predicted octanol–water partition coefficient (Wildman–Crippen LogP) is 1.83. The third kappa shape index (κ3) is 3.29. The molecule has 0 bridgehead atoms. The molecule has 1 aliphatic rings. The summed E-state index contributed by atoms with van der Waals surface area (Å²) in [6.45, 7) is 4.69.